The Balaban J connectivity index is 1.92. The molecule has 3 aliphatic heterocycles. The lowest BCUT2D eigenvalue weighted by molar-refractivity contribution is -0.143. The van der Waals surface area contributed by atoms with Crippen LogP contribution in [0.15, 0.2) is 0 Å². The number of amides is 3. The van der Waals surface area contributed by atoms with Gasteiger partial charge in [-0.15, -0.1) is 0 Å². The van der Waals surface area contributed by atoms with Gasteiger partial charge in [-0.25, -0.2) is 0 Å². The maximum atomic E-state index is 13.7. The quantitative estimate of drug-likeness (QED) is 0.495. The smallest absolute Gasteiger partial charge is 0.246 e. The monoisotopic (exact) mass is 437 g/mol. The third-order valence-electron chi connectivity index (χ3n) is 6.84. The first-order chi connectivity index (χ1) is 14.4. The van der Waals surface area contributed by atoms with Crippen molar-refractivity contribution in [1.29, 1.82) is 0 Å². The second-order valence-electron chi connectivity index (χ2n) is 11.2. The summed E-state index contributed by atoms with van der Waals surface area (Å²) in [7, 11) is 1.57. The Morgan fingerprint density at radius 1 is 1.19 bits per heavy atom. The van der Waals surface area contributed by atoms with Crippen LogP contribution in [0.4, 0.5) is 0 Å². The van der Waals surface area contributed by atoms with Crippen LogP contribution in [-0.4, -0.2) is 71.2 Å². The zero-order valence-electron chi connectivity index (χ0n) is 19.8. The van der Waals surface area contributed by atoms with Gasteiger partial charge < -0.3 is 25.4 Å². The molecule has 3 rings (SSSR count). The molecule has 3 saturated heterocycles. The number of unbranched alkanes of at least 4 members (excludes halogenated alkanes) is 1. The van der Waals surface area contributed by atoms with Gasteiger partial charge in [-0.2, -0.15) is 0 Å². The summed E-state index contributed by atoms with van der Waals surface area (Å²) in [5.41, 5.74) is -1.39. The molecule has 31 heavy (non-hydrogen) atoms. The number of rotatable bonds is 8. The molecule has 0 radical (unpaired) electrons. The number of nitrogens with one attached hydrogen (secondary N) is 2. The zero-order valence-corrected chi connectivity index (χ0v) is 19.8. The fraction of sp³-hybridized carbons (Fsp3) is 0.870. The highest BCUT2D eigenvalue weighted by Crippen LogP contribution is 2.58. The Labute approximate surface area is 185 Å². The van der Waals surface area contributed by atoms with Crippen LogP contribution in [0.3, 0.4) is 0 Å². The average Bonchev–Trinajstić information content (AvgIpc) is 3.26. The topological polar surface area (TPSA) is 108 Å². The van der Waals surface area contributed by atoms with E-state index in [9.17, 15) is 19.5 Å². The van der Waals surface area contributed by atoms with E-state index in [0.717, 1.165) is 6.42 Å². The van der Waals surface area contributed by atoms with Crippen molar-refractivity contribution in [3.63, 3.8) is 0 Å². The number of aliphatic hydroxyl groups excluding tert-OH is 1. The van der Waals surface area contributed by atoms with Crippen LogP contribution in [0.1, 0.15) is 66.7 Å². The van der Waals surface area contributed by atoms with Crippen molar-refractivity contribution in [2.75, 3.05) is 20.2 Å². The molecule has 0 aromatic carbocycles. The van der Waals surface area contributed by atoms with Gasteiger partial charge in [-0.05, 0) is 51.4 Å². The Kier molecular flexibility index (Phi) is 6.46. The Morgan fingerprint density at radius 2 is 1.87 bits per heavy atom. The minimum atomic E-state index is -0.958. The molecule has 0 saturated carbocycles. The normalized spacial score (nSPS) is 32.4. The van der Waals surface area contributed by atoms with Crippen molar-refractivity contribution in [3.05, 3.63) is 0 Å². The molecule has 8 nitrogen and oxygen atoms in total. The van der Waals surface area contributed by atoms with E-state index in [4.69, 9.17) is 4.74 Å². The predicted octanol–water partition coefficient (Wildman–Crippen LogP) is 1.21. The molecule has 3 aliphatic rings. The summed E-state index contributed by atoms with van der Waals surface area (Å²) in [5.74, 6) is -1.79. The van der Waals surface area contributed by atoms with E-state index in [2.05, 4.69) is 31.4 Å². The lowest BCUT2D eigenvalue weighted by Gasteiger charge is -2.38. The van der Waals surface area contributed by atoms with Crippen molar-refractivity contribution in [2.45, 2.75) is 90.0 Å². The predicted molar refractivity (Wildman–Crippen MR) is 116 cm³/mol. The van der Waals surface area contributed by atoms with Crippen LogP contribution in [-0.2, 0) is 19.1 Å². The molecule has 8 heteroatoms. The van der Waals surface area contributed by atoms with Crippen molar-refractivity contribution < 1.29 is 24.2 Å². The van der Waals surface area contributed by atoms with E-state index in [1.165, 1.54) is 0 Å². The summed E-state index contributed by atoms with van der Waals surface area (Å²) < 4.78 is 6.34. The molecular weight excluding hydrogens is 398 g/mol. The highest BCUT2D eigenvalue weighted by atomic mass is 16.5. The molecule has 3 N–H and O–H groups in total. The number of aliphatic hydroxyl groups is 1. The number of hydrogen-bond donors (Lipinski definition) is 3. The van der Waals surface area contributed by atoms with E-state index >= 15 is 0 Å². The average molecular weight is 438 g/mol. The van der Waals surface area contributed by atoms with Gasteiger partial charge in [0.05, 0.1) is 17.9 Å². The first kappa shape index (κ1) is 24.0. The standard InChI is InChI=1S/C23H39N3O5/c1-21(2,3)13-22(4,5)25-19(29)17-23-10-9-14(31-23)15(18(28)24-6)16(23)20(30)26(17)11-7-8-12-27/h14-17,27H,7-13H2,1-6H3,(H,24,28)(H,25,29)/t14-,15+,16+,17?,23?/m1/s1. The van der Waals surface area contributed by atoms with Gasteiger partial charge in [0.1, 0.15) is 11.6 Å². The number of carbonyl (C=O) groups is 3. The van der Waals surface area contributed by atoms with E-state index in [1.54, 1.807) is 11.9 Å². The Morgan fingerprint density at radius 3 is 2.45 bits per heavy atom. The van der Waals surface area contributed by atoms with Gasteiger partial charge in [0.2, 0.25) is 17.7 Å². The molecule has 2 bridgehead atoms. The summed E-state index contributed by atoms with van der Waals surface area (Å²) >= 11 is 0. The fourth-order valence-corrected chi connectivity index (χ4v) is 6.33. The summed E-state index contributed by atoms with van der Waals surface area (Å²) in [6.07, 6.45) is 2.85. The summed E-state index contributed by atoms with van der Waals surface area (Å²) in [5, 5.41) is 15.0. The second kappa shape index (κ2) is 8.35. The molecule has 2 unspecified atom stereocenters. The number of nitrogens with zero attached hydrogens (tertiary/aromatic N) is 1. The minimum Gasteiger partial charge on any atom is -0.396 e. The molecule has 3 heterocycles. The van der Waals surface area contributed by atoms with Crippen LogP contribution in [0.25, 0.3) is 0 Å². The van der Waals surface area contributed by atoms with Crippen LogP contribution in [0.2, 0.25) is 0 Å². The highest BCUT2D eigenvalue weighted by molar-refractivity contribution is 5.99. The summed E-state index contributed by atoms with van der Waals surface area (Å²) in [6, 6.07) is -0.761. The maximum absolute atomic E-state index is 13.7. The van der Waals surface area contributed by atoms with Crippen LogP contribution >= 0.6 is 0 Å². The Hall–Kier alpha value is -1.67. The van der Waals surface area contributed by atoms with Crippen LogP contribution < -0.4 is 10.6 Å². The van der Waals surface area contributed by atoms with E-state index in [-0.39, 0.29) is 35.8 Å². The molecular formula is C23H39N3O5. The number of likely N-dealkylation sites (tertiary alicyclic amines) is 1. The SMILES string of the molecule is CNC(=O)[C@@H]1[C@H]2C(=O)N(CCCCO)C(C(=O)NC(C)(C)CC(C)(C)C)C23CC[C@H]1O3. The fourth-order valence-electron chi connectivity index (χ4n) is 6.33. The van der Waals surface area contributed by atoms with Gasteiger partial charge in [0, 0.05) is 25.7 Å². The maximum Gasteiger partial charge on any atom is 0.246 e. The largest absolute Gasteiger partial charge is 0.396 e. The first-order valence-electron chi connectivity index (χ1n) is 11.5. The first-order valence-corrected chi connectivity index (χ1v) is 11.5. The lowest BCUT2D eigenvalue weighted by atomic mass is 9.70. The van der Waals surface area contributed by atoms with Crippen molar-refractivity contribution in [1.82, 2.24) is 15.5 Å². The van der Waals surface area contributed by atoms with E-state index in [0.29, 0.717) is 32.2 Å². The molecule has 5 atom stereocenters. The minimum absolute atomic E-state index is 0.0243. The second-order valence-corrected chi connectivity index (χ2v) is 11.2. The van der Waals surface area contributed by atoms with Gasteiger partial charge in [-0.3, -0.25) is 14.4 Å². The summed E-state index contributed by atoms with van der Waals surface area (Å²) in [4.78, 5) is 41.4. The van der Waals surface area contributed by atoms with Crippen molar-refractivity contribution >= 4 is 17.7 Å². The molecule has 0 aromatic rings. The van der Waals surface area contributed by atoms with E-state index < -0.39 is 29.0 Å². The molecule has 3 amide bonds. The number of fused-ring (bicyclic) bond motifs is 1. The lowest BCUT2D eigenvalue weighted by Crippen LogP contribution is -2.59. The van der Waals surface area contributed by atoms with E-state index in [1.807, 2.05) is 13.8 Å². The number of hydrogen-bond acceptors (Lipinski definition) is 5. The Bertz CT molecular complexity index is 731. The molecule has 0 aliphatic carbocycles. The third-order valence-corrected chi connectivity index (χ3v) is 6.84. The third kappa shape index (κ3) is 4.33. The molecule has 176 valence electrons. The molecule has 3 fully saturated rings. The summed E-state index contributed by atoms with van der Waals surface area (Å²) in [6.45, 7) is 10.8. The molecule has 1 spiro atoms. The van der Waals surface area contributed by atoms with Gasteiger partial charge in [0.25, 0.3) is 0 Å². The van der Waals surface area contributed by atoms with Crippen molar-refractivity contribution in [2.24, 2.45) is 17.3 Å². The van der Waals surface area contributed by atoms with Gasteiger partial charge in [-0.1, -0.05) is 20.8 Å². The number of carbonyl (C=O) groups excluding carboxylic acids is 3. The van der Waals surface area contributed by atoms with Crippen LogP contribution in [0, 0.1) is 17.3 Å². The van der Waals surface area contributed by atoms with Gasteiger partial charge in [0.15, 0.2) is 0 Å². The van der Waals surface area contributed by atoms with Crippen LogP contribution in [0.5, 0.6) is 0 Å². The highest BCUT2D eigenvalue weighted by Gasteiger charge is 2.74. The zero-order chi connectivity index (χ0) is 23.2. The van der Waals surface area contributed by atoms with Crippen molar-refractivity contribution in [3.8, 4) is 0 Å². The molecule has 0 aromatic heterocycles. The van der Waals surface area contributed by atoms with Gasteiger partial charge >= 0.3 is 0 Å². The number of ether oxygens (including phenoxy) is 1.